The second kappa shape index (κ2) is 10.7. The van der Waals surface area contributed by atoms with Crippen LogP contribution in [0.1, 0.15) is 50.8 Å². The summed E-state index contributed by atoms with van der Waals surface area (Å²) >= 11 is 0. The van der Waals surface area contributed by atoms with Crippen molar-refractivity contribution in [1.82, 2.24) is 10.6 Å². The third-order valence-corrected chi connectivity index (χ3v) is 5.21. The molecule has 1 amide bonds. The van der Waals surface area contributed by atoms with Gasteiger partial charge in [0.25, 0.3) is 0 Å². The van der Waals surface area contributed by atoms with Gasteiger partial charge in [-0.15, -0.1) is 0 Å². The Morgan fingerprint density at radius 1 is 1.13 bits per heavy atom. The fraction of sp³-hybridized carbons (Fsp3) is 0.417. The molecule has 3 N–H and O–H groups in total. The Hall–Kier alpha value is -3.02. The minimum Gasteiger partial charge on any atom is -0.372 e. The first-order chi connectivity index (χ1) is 14.5. The zero-order valence-electron chi connectivity index (χ0n) is 18.2. The van der Waals surface area contributed by atoms with Gasteiger partial charge in [0.2, 0.25) is 5.91 Å². The van der Waals surface area contributed by atoms with Crippen molar-refractivity contribution in [2.45, 2.75) is 46.2 Å². The lowest BCUT2D eigenvalue weighted by Crippen LogP contribution is -2.38. The van der Waals surface area contributed by atoms with Gasteiger partial charge in [-0.05, 0) is 62.1 Å². The largest absolute Gasteiger partial charge is 0.372 e. The van der Waals surface area contributed by atoms with Gasteiger partial charge in [-0.3, -0.25) is 4.79 Å². The maximum atomic E-state index is 11.3. The summed E-state index contributed by atoms with van der Waals surface area (Å²) in [4.78, 5) is 18.5. The number of guanidine groups is 1. The first kappa shape index (κ1) is 21.7. The molecule has 2 aromatic carbocycles. The zero-order valence-corrected chi connectivity index (χ0v) is 18.2. The molecule has 0 spiro atoms. The average molecular weight is 408 g/mol. The highest BCUT2D eigenvalue weighted by molar-refractivity contribution is 5.88. The van der Waals surface area contributed by atoms with Gasteiger partial charge in [0.1, 0.15) is 0 Å². The molecule has 6 heteroatoms. The molecule has 0 aliphatic carbocycles. The van der Waals surface area contributed by atoms with E-state index in [0.29, 0.717) is 6.54 Å². The number of anilines is 2. The number of rotatable bonds is 7. The average Bonchev–Trinajstić information content (AvgIpc) is 3.27. The molecule has 1 aliphatic rings. The Morgan fingerprint density at radius 3 is 2.63 bits per heavy atom. The van der Waals surface area contributed by atoms with E-state index in [2.05, 4.69) is 59.0 Å². The van der Waals surface area contributed by atoms with Crippen LogP contribution in [0.25, 0.3) is 0 Å². The van der Waals surface area contributed by atoms with Crippen molar-refractivity contribution < 1.29 is 4.79 Å². The van der Waals surface area contributed by atoms with Crippen LogP contribution in [0.15, 0.2) is 53.5 Å². The quantitative estimate of drug-likeness (QED) is 0.478. The first-order valence-electron chi connectivity index (χ1n) is 10.8. The zero-order chi connectivity index (χ0) is 21.3. The number of aliphatic imine (C=N–C) groups is 1. The number of nitrogens with one attached hydrogen (secondary N) is 3. The molecule has 6 nitrogen and oxygen atoms in total. The molecule has 1 atom stereocenters. The van der Waals surface area contributed by atoms with Crippen LogP contribution < -0.4 is 20.9 Å². The molecule has 30 heavy (non-hydrogen) atoms. The lowest BCUT2D eigenvalue weighted by Gasteiger charge is -2.22. The molecule has 2 aromatic rings. The normalized spacial score (nSPS) is 15.0. The molecule has 0 saturated carbocycles. The summed E-state index contributed by atoms with van der Waals surface area (Å²) in [5.74, 6) is 0.706. The summed E-state index contributed by atoms with van der Waals surface area (Å²) in [5, 5.41) is 9.67. The van der Waals surface area contributed by atoms with Crippen LogP contribution in [-0.2, 0) is 11.3 Å². The SMILES string of the molecule is CCNC(=NCc1cccc(NC(C)=O)c1)NC(C)c1cccc(N2CCCC2)c1. The van der Waals surface area contributed by atoms with Crippen molar-refractivity contribution in [2.24, 2.45) is 4.99 Å². The van der Waals surface area contributed by atoms with E-state index in [1.165, 1.54) is 31.0 Å². The van der Waals surface area contributed by atoms with Gasteiger partial charge >= 0.3 is 0 Å². The maximum Gasteiger partial charge on any atom is 0.221 e. The number of benzene rings is 2. The van der Waals surface area contributed by atoms with Crippen LogP contribution in [-0.4, -0.2) is 31.5 Å². The lowest BCUT2D eigenvalue weighted by atomic mass is 10.1. The van der Waals surface area contributed by atoms with E-state index < -0.39 is 0 Å². The van der Waals surface area contributed by atoms with Crippen LogP contribution in [0, 0.1) is 0 Å². The third-order valence-electron chi connectivity index (χ3n) is 5.21. The van der Waals surface area contributed by atoms with Crippen molar-refractivity contribution in [1.29, 1.82) is 0 Å². The summed E-state index contributed by atoms with van der Waals surface area (Å²) in [6.07, 6.45) is 2.55. The van der Waals surface area contributed by atoms with Crippen molar-refractivity contribution in [3.63, 3.8) is 0 Å². The standard InChI is InChI=1S/C24H33N5O/c1-4-25-24(26-17-20-9-7-11-22(15-20)28-19(3)30)27-18(2)21-10-8-12-23(16-21)29-13-5-6-14-29/h7-12,15-16,18H,4-6,13-14,17H2,1-3H3,(H,28,30)(H2,25,26,27). The summed E-state index contributed by atoms with van der Waals surface area (Å²) < 4.78 is 0. The van der Waals surface area contributed by atoms with Crippen molar-refractivity contribution >= 4 is 23.2 Å². The summed E-state index contributed by atoms with van der Waals surface area (Å²) in [7, 11) is 0. The molecule has 1 saturated heterocycles. The first-order valence-corrected chi connectivity index (χ1v) is 10.8. The predicted molar refractivity (Wildman–Crippen MR) is 125 cm³/mol. The third kappa shape index (κ3) is 6.24. The van der Waals surface area contributed by atoms with E-state index in [0.717, 1.165) is 36.8 Å². The fourth-order valence-electron chi connectivity index (χ4n) is 3.70. The molecule has 1 unspecified atom stereocenters. The highest BCUT2D eigenvalue weighted by Gasteiger charge is 2.14. The highest BCUT2D eigenvalue weighted by atomic mass is 16.1. The van der Waals surface area contributed by atoms with E-state index in [1.54, 1.807) is 0 Å². The summed E-state index contributed by atoms with van der Waals surface area (Å²) in [6, 6.07) is 16.7. The van der Waals surface area contributed by atoms with Gasteiger partial charge in [0.05, 0.1) is 12.6 Å². The van der Waals surface area contributed by atoms with Crippen LogP contribution in [0.4, 0.5) is 11.4 Å². The molecule has 1 aliphatic heterocycles. The minimum atomic E-state index is -0.0735. The number of hydrogen-bond donors (Lipinski definition) is 3. The predicted octanol–water partition coefficient (Wildman–Crippen LogP) is 4.06. The molecular formula is C24H33N5O. The van der Waals surface area contributed by atoms with Crippen LogP contribution in [0.2, 0.25) is 0 Å². The van der Waals surface area contributed by atoms with Crippen molar-refractivity contribution in [3.05, 3.63) is 59.7 Å². The van der Waals surface area contributed by atoms with Gasteiger partial charge in [-0.2, -0.15) is 0 Å². The molecule has 0 aromatic heterocycles. The Bertz CT molecular complexity index is 873. The van der Waals surface area contributed by atoms with E-state index in [1.807, 2.05) is 24.3 Å². The second-order valence-corrected chi connectivity index (χ2v) is 7.73. The fourth-order valence-corrected chi connectivity index (χ4v) is 3.70. The van der Waals surface area contributed by atoms with Gasteiger partial charge in [0.15, 0.2) is 5.96 Å². The van der Waals surface area contributed by atoms with Gasteiger partial charge in [-0.25, -0.2) is 4.99 Å². The molecule has 0 radical (unpaired) electrons. The molecule has 1 heterocycles. The number of carbonyl (C=O) groups excluding carboxylic acids is 1. The number of hydrogen-bond acceptors (Lipinski definition) is 3. The number of carbonyl (C=O) groups is 1. The van der Waals surface area contributed by atoms with Gasteiger partial charge in [-0.1, -0.05) is 24.3 Å². The van der Waals surface area contributed by atoms with Crippen LogP contribution in [0.5, 0.6) is 0 Å². The highest BCUT2D eigenvalue weighted by Crippen LogP contribution is 2.24. The van der Waals surface area contributed by atoms with Crippen molar-refractivity contribution in [3.8, 4) is 0 Å². The lowest BCUT2D eigenvalue weighted by molar-refractivity contribution is -0.114. The Morgan fingerprint density at radius 2 is 1.90 bits per heavy atom. The summed E-state index contributed by atoms with van der Waals surface area (Å²) in [6.45, 7) is 9.35. The van der Waals surface area contributed by atoms with Crippen LogP contribution >= 0.6 is 0 Å². The minimum absolute atomic E-state index is 0.0735. The monoisotopic (exact) mass is 407 g/mol. The van der Waals surface area contributed by atoms with E-state index in [4.69, 9.17) is 4.99 Å². The van der Waals surface area contributed by atoms with Crippen LogP contribution in [0.3, 0.4) is 0 Å². The Balaban J connectivity index is 1.67. The number of nitrogens with zero attached hydrogens (tertiary/aromatic N) is 2. The number of amides is 1. The molecular weight excluding hydrogens is 374 g/mol. The van der Waals surface area contributed by atoms with Gasteiger partial charge < -0.3 is 20.9 Å². The second-order valence-electron chi connectivity index (χ2n) is 7.73. The maximum absolute atomic E-state index is 11.3. The Labute approximate surface area is 179 Å². The molecule has 3 rings (SSSR count). The van der Waals surface area contributed by atoms with E-state index >= 15 is 0 Å². The molecule has 160 valence electrons. The Kier molecular flexibility index (Phi) is 7.71. The smallest absolute Gasteiger partial charge is 0.221 e. The molecule has 0 bridgehead atoms. The van der Waals surface area contributed by atoms with Crippen molar-refractivity contribution in [2.75, 3.05) is 29.9 Å². The molecule has 1 fully saturated rings. The van der Waals surface area contributed by atoms with E-state index in [-0.39, 0.29) is 11.9 Å². The summed E-state index contributed by atoms with van der Waals surface area (Å²) in [5.41, 5.74) is 4.38. The van der Waals surface area contributed by atoms with E-state index in [9.17, 15) is 4.79 Å². The topological polar surface area (TPSA) is 68.8 Å². The van der Waals surface area contributed by atoms with Gasteiger partial charge in [0, 0.05) is 37.9 Å².